The maximum atomic E-state index is 7.17. The fraction of sp³-hybridized carbons (Fsp3) is 0.923. The van der Waals surface area contributed by atoms with Gasteiger partial charge in [-0.25, -0.2) is 0 Å². The molecule has 1 aliphatic rings. The Morgan fingerprint density at radius 1 is 1.47 bits per heavy atom. The van der Waals surface area contributed by atoms with Crippen LogP contribution in [0.3, 0.4) is 0 Å². The lowest BCUT2D eigenvalue weighted by atomic mass is 10.1. The van der Waals surface area contributed by atoms with Crippen molar-refractivity contribution in [2.75, 3.05) is 26.2 Å². The van der Waals surface area contributed by atoms with Gasteiger partial charge in [0.2, 0.25) is 0 Å². The first-order valence-electron chi connectivity index (χ1n) is 6.89. The van der Waals surface area contributed by atoms with Crippen LogP contribution in [0.2, 0.25) is 0 Å². The third kappa shape index (κ3) is 6.64. The van der Waals surface area contributed by atoms with E-state index in [1.54, 1.807) is 0 Å². The number of unbranched alkanes of at least 4 members (excludes halogenated alkanes) is 1. The van der Waals surface area contributed by atoms with Crippen molar-refractivity contribution >= 4 is 5.84 Å². The normalized spacial score (nSPS) is 21.6. The number of nitrogens with zero attached hydrogens (tertiary/aromatic N) is 1. The molecule has 1 saturated heterocycles. The van der Waals surface area contributed by atoms with Crippen molar-refractivity contribution in [2.24, 2.45) is 5.73 Å². The molecule has 100 valence electrons. The summed E-state index contributed by atoms with van der Waals surface area (Å²) in [5, 5.41) is 7.17. The van der Waals surface area contributed by atoms with Crippen LogP contribution < -0.4 is 5.73 Å². The minimum Gasteiger partial charge on any atom is -0.388 e. The molecule has 1 rings (SSSR count). The predicted octanol–water partition coefficient (Wildman–Crippen LogP) is 1.98. The van der Waals surface area contributed by atoms with Crippen LogP contribution in [0.25, 0.3) is 0 Å². The summed E-state index contributed by atoms with van der Waals surface area (Å²) >= 11 is 0. The molecular formula is C13H27N3O. The molecule has 0 aliphatic carbocycles. The predicted molar refractivity (Wildman–Crippen MR) is 71.5 cm³/mol. The van der Waals surface area contributed by atoms with Gasteiger partial charge in [-0.3, -0.25) is 5.41 Å². The second-order valence-corrected chi connectivity index (χ2v) is 4.92. The smallest absolute Gasteiger partial charge is 0.0905 e. The van der Waals surface area contributed by atoms with Crippen LogP contribution in [0, 0.1) is 5.41 Å². The topological polar surface area (TPSA) is 62.3 Å². The van der Waals surface area contributed by atoms with Gasteiger partial charge in [0.05, 0.1) is 11.9 Å². The number of hydrogen-bond donors (Lipinski definition) is 2. The minimum absolute atomic E-state index is 0.313. The third-order valence-electron chi connectivity index (χ3n) is 3.19. The van der Waals surface area contributed by atoms with E-state index in [2.05, 4.69) is 11.8 Å². The Kier molecular flexibility index (Phi) is 7.21. The summed E-state index contributed by atoms with van der Waals surface area (Å²) in [6.07, 6.45) is 6.92. The molecule has 0 aromatic heterocycles. The van der Waals surface area contributed by atoms with Gasteiger partial charge < -0.3 is 15.4 Å². The number of amidine groups is 1. The Bertz CT molecular complexity index is 221. The molecule has 0 aromatic rings. The van der Waals surface area contributed by atoms with Crippen molar-refractivity contribution in [3.8, 4) is 0 Å². The van der Waals surface area contributed by atoms with Crippen molar-refractivity contribution in [3.63, 3.8) is 0 Å². The molecule has 4 nitrogen and oxygen atoms in total. The van der Waals surface area contributed by atoms with E-state index in [4.69, 9.17) is 15.9 Å². The van der Waals surface area contributed by atoms with Gasteiger partial charge in [0.1, 0.15) is 0 Å². The van der Waals surface area contributed by atoms with Crippen LogP contribution in [-0.2, 0) is 4.74 Å². The first-order valence-corrected chi connectivity index (χ1v) is 6.89. The Balaban J connectivity index is 2.09. The molecule has 0 spiro atoms. The summed E-state index contributed by atoms with van der Waals surface area (Å²) < 4.78 is 5.81. The van der Waals surface area contributed by atoms with Crippen LogP contribution in [0.15, 0.2) is 0 Å². The van der Waals surface area contributed by atoms with Crippen LogP contribution in [-0.4, -0.2) is 43.1 Å². The Labute approximate surface area is 105 Å². The zero-order valence-corrected chi connectivity index (χ0v) is 11.1. The van der Waals surface area contributed by atoms with Crippen molar-refractivity contribution in [2.45, 2.75) is 51.6 Å². The molecule has 1 aliphatic heterocycles. The first-order chi connectivity index (χ1) is 8.22. The van der Waals surface area contributed by atoms with E-state index in [0.717, 1.165) is 45.4 Å². The molecule has 3 N–H and O–H groups in total. The summed E-state index contributed by atoms with van der Waals surface area (Å²) in [6, 6.07) is 0. The van der Waals surface area contributed by atoms with Gasteiger partial charge >= 0.3 is 0 Å². The zero-order chi connectivity index (χ0) is 12.5. The Morgan fingerprint density at radius 2 is 2.29 bits per heavy atom. The molecule has 1 atom stereocenters. The van der Waals surface area contributed by atoms with Gasteiger partial charge in [0, 0.05) is 19.6 Å². The van der Waals surface area contributed by atoms with Gasteiger partial charge in [-0.05, 0) is 45.2 Å². The highest BCUT2D eigenvalue weighted by atomic mass is 16.5. The van der Waals surface area contributed by atoms with Gasteiger partial charge in [0.15, 0.2) is 0 Å². The van der Waals surface area contributed by atoms with Crippen LogP contribution in [0.5, 0.6) is 0 Å². The Morgan fingerprint density at radius 3 is 3.00 bits per heavy atom. The number of nitrogens with two attached hydrogens (primary N) is 1. The first kappa shape index (κ1) is 14.5. The number of piperidine rings is 1. The molecule has 0 radical (unpaired) electrons. The van der Waals surface area contributed by atoms with E-state index in [0.29, 0.717) is 11.9 Å². The zero-order valence-electron chi connectivity index (χ0n) is 11.1. The largest absolute Gasteiger partial charge is 0.388 e. The van der Waals surface area contributed by atoms with Gasteiger partial charge in [-0.15, -0.1) is 0 Å². The van der Waals surface area contributed by atoms with E-state index in [1.165, 1.54) is 19.4 Å². The minimum atomic E-state index is 0.313. The van der Waals surface area contributed by atoms with Crippen LogP contribution in [0.4, 0.5) is 0 Å². The summed E-state index contributed by atoms with van der Waals surface area (Å²) in [5.74, 6) is 0.313. The van der Waals surface area contributed by atoms with Crippen molar-refractivity contribution in [1.82, 2.24) is 4.90 Å². The van der Waals surface area contributed by atoms with Gasteiger partial charge in [-0.1, -0.05) is 6.92 Å². The van der Waals surface area contributed by atoms with Gasteiger partial charge in [-0.2, -0.15) is 0 Å². The number of nitrogens with one attached hydrogen (secondary N) is 1. The lowest BCUT2D eigenvalue weighted by Crippen LogP contribution is -2.40. The maximum absolute atomic E-state index is 7.17. The molecule has 1 fully saturated rings. The lowest BCUT2D eigenvalue weighted by molar-refractivity contribution is -0.000298. The molecule has 0 bridgehead atoms. The van der Waals surface area contributed by atoms with Crippen molar-refractivity contribution in [3.05, 3.63) is 0 Å². The molecule has 0 saturated carbocycles. The third-order valence-corrected chi connectivity index (χ3v) is 3.19. The standard InChI is InChI=1S/C13H27N3O/c1-2-10-17-12-6-5-9-16(11-12)8-4-3-7-13(14)15/h12H,2-11H2,1H3,(H3,14,15). The summed E-state index contributed by atoms with van der Waals surface area (Å²) in [6.45, 7) is 6.45. The van der Waals surface area contributed by atoms with Crippen molar-refractivity contribution in [1.29, 1.82) is 5.41 Å². The molecule has 4 heteroatoms. The Hall–Kier alpha value is -0.610. The number of likely N-dealkylation sites (tertiary alicyclic amines) is 1. The molecular weight excluding hydrogens is 214 g/mol. The molecule has 1 unspecified atom stereocenters. The SMILES string of the molecule is CCCOC1CCCN(CCCCC(=N)N)C1. The molecule has 0 aromatic carbocycles. The molecule has 17 heavy (non-hydrogen) atoms. The average molecular weight is 241 g/mol. The quantitative estimate of drug-likeness (QED) is 0.388. The van der Waals surface area contributed by atoms with E-state index in [-0.39, 0.29) is 0 Å². The summed E-state index contributed by atoms with van der Waals surface area (Å²) in [4.78, 5) is 2.49. The molecule has 0 amide bonds. The summed E-state index contributed by atoms with van der Waals surface area (Å²) in [5.41, 5.74) is 5.34. The average Bonchev–Trinajstić information content (AvgIpc) is 2.32. The van der Waals surface area contributed by atoms with E-state index < -0.39 is 0 Å². The van der Waals surface area contributed by atoms with Crippen LogP contribution in [0.1, 0.15) is 45.4 Å². The number of rotatable bonds is 8. The van der Waals surface area contributed by atoms with E-state index in [9.17, 15) is 0 Å². The van der Waals surface area contributed by atoms with Crippen molar-refractivity contribution < 1.29 is 4.74 Å². The van der Waals surface area contributed by atoms with Gasteiger partial charge in [0.25, 0.3) is 0 Å². The van der Waals surface area contributed by atoms with E-state index >= 15 is 0 Å². The highest BCUT2D eigenvalue weighted by Crippen LogP contribution is 2.14. The monoisotopic (exact) mass is 241 g/mol. The second kappa shape index (κ2) is 8.48. The van der Waals surface area contributed by atoms with E-state index in [1.807, 2.05) is 0 Å². The maximum Gasteiger partial charge on any atom is 0.0905 e. The fourth-order valence-corrected chi connectivity index (χ4v) is 2.29. The fourth-order valence-electron chi connectivity index (χ4n) is 2.29. The summed E-state index contributed by atoms with van der Waals surface area (Å²) in [7, 11) is 0. The van der Waals surface area contributed by atoms with Crippen LogP contribution >= 0.6 is 0 Å². The molecule has 1 heterocycles. The second-order valence-electron chi connectivity index (χ2n) is 4.92. The highest BCUT2D eigenvalue weighted by molar-refractivity contribution is 5.76. The number of ether oxygens (including phenoxy) is 1. The lowest BCUT2D eigenvalue weighted by Gasteiger charge is -2.32. The number of hydrogen-bond acceptors (Lipinski definition) is 3. The highest BCUT2D eigenvalue weighted by Gasteiger charge is 2.19.